The molecule has 0 bridgehead atoms. The predicted molar refractivity (Wildman–Crippen MR) is 59.0 cm³/mol. The zero-order valence-corrected chi connectivity index (χ0v) is 8.81. The maximum Gasteiger partial charge on any atom is 0.341 e. The fourth-order valence-corrected chi connectivity index (χ4v) is 1.44. The minimum Gasteiger partial charge on any atom is -0.389 e. The third-order valence-corrected chi connectivity index (χ3v) is 2.23. The van der Waals surface area contributed by atoms with E-state index >= 15 is 0 Å². The van der Waals surface area contributed by atoms with Crippen molar-refractivity contribution in [1.29, 1.82) is 0 Å². The highest BCUT2D eigenvalue weighted by atomic mass is 16.6. The molecule has 0 unspecified atom stereocenters. The highest BCUT2D eigenvalue weighted by Gasteiger charge is 2.26. The molecule has 1 aliphatic heterocycles. The third kappa shape index (κ3) is 2.77. The topological polar surface area (TPSA) is 78.4 Å². The fourth-order valence-electron chi connectivity index (χ4n) is 1.44. The lowest BCUT2D eigenvalue weighted by molar-refractivity contribution is -0.151. The van der Waals surface area contributed by atoms with Gasteiger partial charge in [-0.25, -0.2) is 4.79 Å². The Morgan fingerprint density at radius 1 is 1.19 bits per heavy atom. The first-order valence-corrected chi connectivity index (χ1v) is 4.73. The van der Waals surface area contributed by atoms with Gasteiger partial charge < -0.3 is 10.9 Å². The van der Waals surface area contributed by atoms with Crippen LogP contribution in [0.4, 0.5) is 0 Å². The van der Waals surface area contributed by atoms with Gasteiger partial charge in [0.2, 0.25) is 0 Å². The highest BCUT2D eigenvalue weighted by Crippen LogP contribution is 2.15. The van der Waals surface area contributed by atoms with Crippen molar-refractivity contribution in [3.05, 3.63) is 47.5 Å². The van der Waals surface area contributed by atoms with Gasteiger partial charge in [0.15, 0.2) is 0 Å². The van der Waals surface area contributed by atoms with E-state index in [9.17, 15) is 9.59 Å². The number of hydrogen-bond donors (Lipinski definition) is 1. The molecule has 2 rings (SSSR count). The van der Waals surface area contributed by atoms with Gasteiger partial charge in [0.05, 0.1) is 6.42 Å². The summed E-state index contributed by atoms with van der Waals surface area (Å²) in [4.78, 5) is 21.9. The second-order valence-corrected chi connectivity index (χ2v) is 3.36. The first-order valence-electron chi connectivity index (χ1n) is 4.73. The number of rotatable bonds is 2. The molecule has 1 heterocycles. The number of allylic oxidation sites excluding steroid dienone is 1. The first kappa shape index (κ1) is 12.1. The summed E-state index contributed by atoms with van der Waals surface area (Å²) >= 11 is 0. The Kier molecular flexibility index (Phi) is 3.96. The van der Waals surface area contributed by atoms with Gasteiger partial charge in [-0.2, -0.15) is 0 Å². The zero-order chi connectivity index (χ0) is 10.7. The molecule has 3 N–H and O–H groups in total. The number of carbonyl (C=O) groups excluding carboxylic acids is 2. The van der Waals surface area contributed by atoms with Gasteiger partial charge in [-0.05, 0) is 12.0 Å². The summed E-state index contributed by atoms with van der Waals surface area (Å²) in [5.41, 5.74) is 1.57. The molecule has 1 fully saturated rings. The van der Waals surface area contributed by atoms with Crippen LogP contribution in [0, 0.1) is 0 Å². The Labute approximate surface area is 93.5 Å². The molecule has 0 spiro atoms. The summed E-state index contributed by atoms with van der Waals surface area (Å²) in [6, 6.07) is 9.75. The number of ether oxygens (including phenoxy) is 1. The van der Waals surface area contributed by atoms with Crippen molar-refractivity contribution in [3.8, 4) is 0 Å². The minimum absolute atomic E-state index is 0. The summed E-state index contributed by atoms with van der Waals surface area (Å²) in [5, 5.41) is 0. The van der Waals surface area contributed by atoms with E-state index in [4.69, 9.17) is 0 Å². The third-order valence-electron chi connectivity index (χ3n) is 2.23. The Morgan fingerprint density at radius 2 is 1.88 bits per heavy atom. The molecule has 1 aromatic rings. The molecule has 0 aromatic heterocycles. The summed E-state index contributed by atoms with van der Waals surface area (Å²) < 4.78 is 4.42. The van der Waals surface area contributed by atoms with Crippen molar-refractivity contribution in [2.75, 3.05) is 0 Å². The van der Waals surface area contributed by atoms with E-state index in [0.29, 0.717) is 12.0 Å². The maximum absolute atomic E-state index is 11.1. The number of benzene rings is 1. The maximum atomic E-state index is 11.1. The molecular formula is C12H13NO3. The zero-order valence-electron chi connectivity index (χ0n) is 8.81. The molecule has 1 saturated heterocycles. The molecule has 0 atom stereocenters. The molecule has 0 saturated carbocycles. The average molecular weight is 219 g/mol. The quantitative estimate of drug-likeness (QED) is 0.467. The van der Waals surface area contributed by atoms with Crippen LogP contribution < -0.4 is 6.15 Å². The van der Waals surface area contributed by atoms with Crippen LogP contribution in [0.5, 0.6) is 0 Å². The van der Waals surface area contributed by atoms with Crippen LogP contribution in [-0.4, -0.2) is 11.9 Å². The molecule has 4 nitrogen and oxygen atoms in total. The van der Waals surface area contributed by atoms with Crippen LogP contribution in [0.25, 0.3) is 0 Å². The SMILES string of the molecule is N.O=C1CC(=CCc2ccccc2)C(=O)O1. The van der Waals surface area contributed by atoms with E-state index in [-0.39, 0.29) is 12.6 Å². The number of carbonyl (C=O) groups is 2. The number of esters is 2. The second kappa shape index (κ2) is 5.23. The van der Waals surface area contributed by atoms with Gasteiger partial charge in [-0.1, -0.05) is 36.4 Å². The molecular weight excluding hydrogens is 206 g/mol. The van der Waals surface area contributed by atoms with E-state index in [2.05, 4.69) is 4.74 Å². The van der Waals surface area contributed by atoms with E-state index < -0.39 is 11.9 Å². The average Bonchev–Trinajstić information content (AvgIpc) is 2.56. The van der Waals surface area contributed by atoms with Crippen molar-refractivity contribution < 1.29 is 14.3 Å². The smallest absolute Gasteiger partial charge is 0.341 e. The summed E-state index contributed by atoms with van der Waals surface area (Å²) in [7, 11) is 0. The Balaban J connectivity index is 0.00000128. The van der Waals surface area contributed by atoms with E-state index in [0.717, 1.165) is 5.56 Å². The molecule has 1 aromatic carbocycles. The predicted octanol–water partition coefficient (Wildman–Crippen LogP) is 1.79. The Hall–Kier alpha value is -1.94. The highest BCUT2D eigenvalue weighted by molar-refractivity contribution is 6.05. The van der Waals surface area contributed by atoms with Gasteiger partial charge >= 0.3 is 11.9 Å². The monoisotopic (exact) mass is 219 g/mol. The van der Waals surface area contributed by atoms with Crippen molar-refractivity contribution in [3.63, 3.8) is 0 Å². The van der Waals surface area contributed by atoms with Gasteiger partial charge in [-0.15, -0.1) is 0 Å². The lowest BCUT2D eigenvalue weighted by Crippen LogP contribution is -1.97. The fraction of sp³-hybridized carbons (Fsp3) is 0.167. The van der Waals surface area contributed by atoms with Gasteiger partial charge in [0, 0.05) is 5.57 Å². The number of cyclic esters (lactones) is 2. The van der Waals surface area contributed by atoms with Gasteiger partial charge in [0.1, 0.15) is 0 Å². The van der Waals surface area contributed by atoms with Gasteiger partial charge in [0.25, 0.3) is 0 Å². The lowest BCUT2D eigenvalue weighted by atomic mass is 10.1. The Bertz CT molecular complexity index is 423. The van der Waals surface area contributed by atoms with Crippen molar-refractivity contribution in [2.45, 2.75) is 12.8 Å². The molecule has 4 heteroatoms. The first-order chi connectivity index (χ1) is 7.25. The van der Waals surface area contributed by atoms with Crippen LogP contribution in [-0.2, 0) is 20.7 Å². The minimum atomic E-state index is -0.504. The summed E-state index contributed by atoms with van der Waals surface area (Å²) in [5.74, 6) is -0.963. The Morgan fingerprint density at radius 3 is 2.44 bits per heavy atom. The number of hydrogen-bond acceptors (Lipinski definition) is 4. The van der Waals surface area contributed by atoms with E-state index in [1.807, 2.05) is 30.3 Å². The normalized spacial score (nSPS) is 17.1. The van der Waals surface area contributed by atoms with Crippen LogP contribution in [0.2, 0.25) is 0 Å². The van der Waals surface area contributed by atoms with E-state index in [1.54, 1.807) is 6.08 Å². The molecule has 0 radical (unpaired) electrons. The van der Waals surface area contributed by atoms with Crippen molar-refractivity contribution in [2.24, 2.45) is 0 Å². The van der Waals surface area contributed by atoms with Crippen LogP contribution >= 0.6 is 0 Å². The van der Waals surface area contributed by atoms with Gasteiger partial charge in [-0.3, -0.25) is 4.79 Å². The van der Waals surface area contributed by atoms with Crippen LogP contribution in [0.1, 0.15) is 12.0 Å². The lowest BCUT2D eigenvalue weighted by Gasteiger charge is -1.95. The summed E-state index contributed by atoms with van der Waals surface area (Å²) in [6.07, 6.45) is 2.51. The van der Waals surface area contributed by atoms with E-state index in [1.165, 1.54) is 0 Å². The molecule has 0 amide bonds. The van der Waals surface area contributed by atoms with Crippen LogP contribution in [0.3, 0.4) is 0 Å². The standard InChI is InChI=1S/C12H10O3.H3N/c13-11-8-10(12(14)15-11)7-6-9-4-2-1-3-5-9;/h1-5,7H,6,8H2;1H3. The largest absolute Gasteiger partial charge is 0.389 e. The van der Waals surface area contributed by atoms with Crippen molar-refractivity contribution in [1.82, 2.24) is 6.15 Å². The summed E-state index contributed by atoms with van der Waals surface area (Å²) in [6.45, 7) is 0. The molecule has 84 valence electrons. The van der Waals surface area contributed by atoms with Crippen LogP contribution in [0.15, 0.2) is 42.0 Å². The molecule has 1 aliphatic rings. The molecule has 0 aliphatic carbocycles. The second-order valence-electron chi connectivity index (χ2n) is 3.36. The molecule has 16 heavy (non-hydrogen) atoms. The van der Waals surface area contributed by atoms with Crippen molar-refractivity contribution >= 4 is 11.9 Å².